The Kier molecular flexibility index (Phi) is 5.48. The number of hydrogen-bond donors (Lipinski definition) is 2. The van der Waals surface area contributed by atoms with E-state index in [1.807, 2.05) is 0 Å². The van der Waals surface area contributed by atoms with Crippen LogP contribution in [0.4, 0.5) is 0 Å². The van der Waals surface area contributed by atoms with E-state index in [1.165, 1.54) is 5.57 Å². The van der Waals surface area contributed by atoms with Gasteiger partial charge < -0.3 is 4.74 Å². The highest BCUT2D eigenvalue weighted by molar-refractivity contribution is 5.83. The van der Waals surface area contributed by atoms with Gasteiger partial charge in [-0.05, 0) is 105 Å². The van der Waals surface area contributed by atoms with Gasteiger partial charge in [-0.25, -0.2) is 5.48 Å². The number of amides is 1. The zero-order chi connectivity index (χ0) is 25.7. The second-order valence-corrected chi connectivity index (χ2v) is 14.9. The molecule has 4 aliphatic carbocycles. The van der Waals surface area contributed by atoms with Gasteiger partial charge in [0, 0.05) is 12.3 Å². The summed E-state index contributed by atoms with van der Waals surface area (Å²) in [5, 5.41) is 9.75. The molecule has 1 saturated heterocycles. The molecule has 5 aliphatic rings. The van der Waals surface area contributed by atoms with Crippen LogP contribution in [0.15, 0.2) is 11.6 Å². The van der Waals surface area contributed by atoms with Gasteiger partial charge in [-0.2, -0.15) is 0 Å². The number of allylic oxidation sites excluding steroid dienone is 2. The minimum absolute atomic E-state index is 0.0164. The van der Waals surface area contributed by atoms with Crippen LogP contribution in [0.2, 0.25) is 0 Å². The van der Waals surface area contributed by atoms with Crippen LogP contribution in [0.1, 0.15) is 113 Å². The van der Waals surface area contributed by atoms with Gasteiger partial charge in [0.1, 0.15) is 5.60 Å². The normalized spacial score (nSPS) is 48.1. The Morgan fingerprint density at radius 1 is 0.971 bits per heavy atom. The predicted molar refractivity (Wildman–Crippen MR) is 135 cm³/mol. The number of rotatable bonds is 1. The van der Waals surface area contributed by atoms with E-state index in [2.05, 4.69) is 60.0 Å². The quantitative estimate of drug-likeness (QED) is 0.190. The highest BCUT2D eigenvalue weighted by Gasteiger charge is 2.68. The van der Waals surface area contributed by atoms with E-state index in [0.29, 0.717) is 18.3 Å². The van der Waals surface area contributed by atoms with Crippen LogP contribution in [0, 0.1) is 44.8 Å². The number of carbonyl (C=O) groups excluding carboxylic acids is 2. The third-order valence-corrected chi connectivity index (χ3v) is 12.5. The fourth-order valence-electron chi connectivity index (χ4n) is 10.4. The number of fused-ring (bicyclic) bond motifs is 7. The minimum atomic E-state index is -0.496. The Bertz CT molecular complexity index is 967. The third kappa shape index (κ3) is 3.28. The highest BCUT2D eigenvalue weighted by Crippen LogP contribution is 2.74. The van der Waals surface area contributed by atoms with Gasteiger partial charge in [-0.15, -0.1) is 0 Å². The number of hydroxylamine groups is 1. The molecule has 0 radical (unpaired) electrons. The average Bonchev–Trinajstić information content (AvgIpc) is 2.85. The van der Waals surface area contributed by atoms with Crippen LogP contribution >= 0.6 is 0 Å². The summed E-state index contributed by atoms with van der Waals surface area (Å²) in [6.45, 7) is 16.4. The minimum Gasteiger partial charge on any atom is -0.459 e. The topological polar surface area (TPSA) is 75.6 Å². The Hall–Kier alpha value is -1.36. The molecule has 2 N–H and O–H groups in total. The second kappa shape index (κ2) is 7.58. The maximum atomic E-state index is 13.2. The van der Waals surface area contributed by atoms with Crippen molar-refractivity contribution in [2.45, 2.75) is 118 Å². The first-order chi connectivity index (χ1) is 16.2. The number of ether oxygens (including phenoxy) is 1. The number of cyclic esters (lactones) is 1. The fourth-order valence-corrected chi connectivity index (χ4v) is 10.4. The molecule has 5 rings (SSSR count). The summed E-state index contributed by atoms with van der Waals surface area (Å²) >= 11 is 0. The summed E-state index contributed by atoms with van der Waals surface area (Å²) in [5.74, 6) is 0.787. The molecule has 0 unspecified atom stereocenters. The molecule has 4 fully saturated rings. The zero-order valence-corrected chi connectivity index (χ0v) is 23.1. The summed E-state index contributed by atoms with van der Waals surface area (Å²) in [7, 11) is 0. The van der Waals surface area contributed by atoms with Gasteiger partial charge in [0.2, 0.25) is 5.91 Å². The lowest BCUT2D eigenvalue weighted by Crippen LogP contribution is -2.64. The lowest BCUT2D eigenvalue weighted by Gasteiger charge is -2.69. The predicted octanol–water partition coefficient (Wildman–Crippen LogP) is 6.59. The second-order valence-electron chi connectivity index (χ2n) is 14.9. The van der Waals surface area contributed by atoms with Crippen LogP contribution in [-0.2, 0) is 14.3 Å². The van der Waals surface area contributed by atoms with Crippen molar-refractivity contribution in [3.8, 4) is 0 Å². The first kappa shape index (κ1) is 25.3. The van der Waals surface area contributed by atoms with Crippen molar-refractivity contribution in [3.05, 3.63) is 11.6 Å². The lowest BCUT2D eigenvalue weighted by atomic mass is 9.35. The maximum absolute atomic E-state index is 13.2. The van der Waals surface area contributed by atoms with Crippen LogP contribution in [0.5, 0.6) is 0 Å². The van der Waals surface area contributed by atoms with Gasteiger partial charge >= 0.3 is 5.97 Å². The molecule has 3 saturated carbocycles. The highest BCUT2D eigenvalue weighted by atomic mass is 16.6. The Morgan fingerprint density at radius 3 is 2.34 bits per heavy atom. The molecule has 7 atom stereocenters. The summed E-state index contributed by atoms with van der Waals surface area (Å²) in [4.78, 5) is 25.8. The third-order valence-electron chi connectivity index (χ3n) is 12.5. The van der Waals surface area contributed by atoms with E-state index in [4.69, 9.17) is 4.74 Å². The Morgan fingerprint density at radius 2 is 1.66 bits per heavy atom. The van der Waals surface area contributed by atoms with Crippen molar-refractivity contribution in [2.75, 3.05) is 0 Å². The van der Waals surface area contributed by atoms with Crippen LogP contribution in [0.25, 0.3) is 0 Å². The molecule has 196 valence electrons. The molecule has 0 bridgehead atoms. The molecular formula is C30H47NO4. The molecule has 5 nitrogen and oxygen atoms in total. The zero-order valence-electron chi connectivity index (χ0n) is 23.1. The molecule has 0 aromatic carbocycles. The molecule has 1 amide bonds. The van der Waals surface area contributed by atoms with Gasteiger partial charge in [-0.3, -0.25) is 14.8 Å². The molecule has 1 aliphatic heterocycles. The first-order valence-corrected chi connectivity index (χ1v) is 14.0. The molecule has 35 heavy (non-hydrogen) atoms. The van der Waals surface area contributed by atoms with Crippen LogP contribution in [-0.4, -0.2) is 22.7 Å². The van der Waals surface area contributed by atoms with Gasteiger partial charge in [-0.1, -0.05) is 46.3 Å². The molecule has 0 spiro atoms. The van der Waals surface area contributed by atoms with E-state index in [1.54, 1.807) is 0 Å². The van der Waals surface area contributed by atoms with Crippen molar-refractivity contribution < 1.29 is 19.5 Å². The van der Waals surface area contributed by atoms with Crippen molar-refractivity contribution in [2.24, 2.45) is 44.8 Å². The first-order valence-electron chi connectivity index (χ1n) is 14.0. The largest absolute Gasteiger partial charge is 0.459 e. The van der Waals surface area contributed by atoms with Gasteiger partial charge in [0.25, 0.3) is 0 Å². The molecular weight excluding hydrogens is 438 g/mol. The Labute approximate surface area is 211 Å². The fraction of sp³-hybridized carbons (Fsp3) is 0.867. The van der Waals surface area contributed by atoms with Crippen LogP contribution < -0.4 is 5.48 Å². The standard InChI is InChI=1S/C30H47NO4/c1-25(2)14-16-30(24(33)31-34)17-15-28(6)19(20(30)18-25)8-9-22-27(5)12-11-23(32)35-26(3,4)21(27)10-13-29(22,28)7/h8,20-22,34H,9-18H2,1-7H3,(H,31,33)/t20-,21-,22+,27-,28+,29+,30-/m0/s1. The monoisotopic (exact) mass is 485 g/mol. The molecule has 0 aromatic heterocycles. The summed E-state index contributed by atoms with van der Waals surface area (Å²) < 4.78 is 6.00. The van der Waals surface area contributed by atoms with E-state index in [0.717, 1.165) is 57.8 Å². The van der Waals surface area contributed by atoms with E-state index in [9.17, 15) is 14.8 Å². The number of carbonyl (C=O) groups is 2. The van der Waals surface area contributed by atoms with Crippen molar-refractivity contribution >= 4 is 11.9 Å². The van der Waals surface area contributed by atoms with Crippen molar-refractivity contribution in [1.82, 2.24) is 5.48 Å². The van der Waals surface area contributed by atoms with Gasteiger partial charge in [0.15, 0.2) is 0 Å². The molecule has 5 heteroatoms. The summed E-state index contributed by atoms with van der Waals surface area (Å²) in [6.07, 6.45) is 11.8. The maximum Gasteiger partial charge on any atom is 0.306 e. The Balaban J connectivity index is 1.61. The number of esters is 1. The van der Waals surface area contributed by atoms with E-state index >= 15 is 0 Å². The smallest absolute Gasteiger partial charge is 0.306 e. The average molecular weight is 486 g/mol. The SMILES string of the molecule is CC1(C)CC[C@]2(C(=O)NO)CC[C@]3(C)C(=CC[C@@H]4[C@@]5(C)CCC(=O)OC(C)(C)[C@@H]5CC[C@]43C)[C@@H]2C1. The van der Waals surface area contributed by atoms with Gasteiger partial charge in [0.05, 0.1) is 5.41 Å². The van der Waals surface area contributed by atoms with Crippen molar-refractivity contribution in [1.29, 1.82) is 0 Å². The summed E-state index contributed by atoms with van der Waals surface area (Å²) in [5.41, 5.74) is 2.98. The molecule has 0 aromatic rings. The number of nitrogens with one attached hydrogen (secondary N) is 1. The van der Waals surface area contributed by atoms with E-state index < -0.39 is 11.0 Å². The lowest BCUT2D eigenvalue weighted by molar-refractivity contribution is -0.189. The molecule has 1 heterocycles. The van der Waals surface area contributed by atoms with E-state index in [-0.39, 0.29) is 39.5 Å². The van der Waals surface area contributed by atoms with Crippen LogP contribution in [0.3, 0.4) is 0 Å². The van der Waals surface area contributed by atoms with Crippen molar-refractivity contribution in [3.63, 3.8) is 0 Å². The summed E-state index contributed by atoms with van der Waals surface area (Å²) in [6, 6.07) is 0. The number of hydrogen-bond acceptors (Lipinski definition) is 4.